The number of imidazole rings is 2. The van der Waals surface area contributed by atoms with Crippen LogP contribution in [0.15, 0.2) is 6.20 Å². The zero-order valence-corrected chi connectivity index (χ0v) is 16.7. The average Bonchev–Trinajstić information content (AvgIpc) is 2.92. The van der Waals surface area contributed by atoms with Crippen molar-refractivity contribution in [1.82, 2.24) is 19.1 Å². The molecule has 0 aliphatic rings. The topological polar surface area (TPSA) is 35.6 Å². The molecule has 7 heteroatoms. The van der Waals surface area contributed by atoms with Crippen molar-refractivity contribution in [3.63, 3.8) is 0 Å². The van der Waals surface area contributed by atoms with Crippen LogP contribution < -0.4 is 0 Å². The maximum atomic E-state index is 6.35. The van der Waals surface area contributed by atoms with Crippen molar-refractivity contribution in [1.29, 1.82) is 0 Å². The summed E-state index contributed by atoms with van der Waals surface area (Å²) in [6.07, 6.45) is 2.84. The summed E-state index contributed by atoms with van der Waals surface area (Å²) in [7, 11) is 1.81. The Balaban J connectivity index is 2.19. The third-order valence-electron chi connectivity index (χ3n) is 4.09. The van der Waals surface area contributed by atoms with E-state index in [1.165, 1.54) is 0 Å². The van der Waals surface area contributed by atoms with Crippen LogP contribution in [0.1, 0.15) is 52.4 Å². The molecule has 0 saturated carbocycles. The fourth-order valence-electron chi connectivity index (χ4n) is 2.31. The van der Waals surface area contributed by atoms with Crippen LogP contribution in [0.3, 0.4) is 0 Å². The minimum atomic E-state index is -0.225. The highest BCUT2D eigenvalue weighted by molar-refractivity contribution is 6.33. The quantitative estimate of drug-likeness (QED) is 0.730. The molecule has 0 fully saturated rings. The van der Waals surface area contributed by atoms with Gasteiger partial charge in [-0.2, -0.15) is 0 Å². The lowest BCUT2D eigenvalue weighted by atomic mass is 9.86. The number of rotatable bonds is 4. The molecule has 0 bridgehead atoms. The van der Waals surface area contributed by atoms with Crippen molar-refractivity contribution in [3.05, 3.63) is 33.3 Å². The SMILES string of the molecule is Cn1c(Cl)nc(C(C)(C)CCn2cc(C(C)(C)C)nc2Cl)c1Cl. The zero-order chi connectivity index (χ0) is 17.6. The second kappa shape index (κ2) is 6.30. The van der Waals surface area contributed by atoms with Crippen molar-refractivity contribution in [3.8, 4) is 0 Å². The summed E-state index contributed by atoms with van der Waals surface area (Å²) < 4.78 is 3.66. The van der Waals surface area contributed by atoms with Gasteiger partial charge in [0, 0.05) is 30.6 Å². The molecule has 0 spiro atoms. The lowest BCUT2D eigenvalue weighted by molar-refractivity contribution is 0.428. The molecule has 0 radical (unpaired) electrons. The highest BCUT2D eigenvalue weighted by Crippen LogP contribution is 2.34. The number of aromatic nitrogens is 4. The zero-order valence-electron chi connectivity index (χ0n) is 14.4. The van der Waals surface area contributed by atoms with Gasteiger partial charge >= 0.3 is 0 Å². The highest BCUT2D eigenvalue weighted by Gasteiger charge is 2.29. The Labute approximate surface area is 152 Å². The third-order valence-corrected chi connectivity index (χ3v) is 5.16. The lowest BCUT2D eigenvalue weighted by Gasteiger charge is -2.23. The van der Waals surface area contributed by atoms with E-state index in [9.17, 15) is 0 Å². The summed E-state index contributed by atoms with van der Waals surface area (Å²) in [5.41, 5.74) is 1.54. The normalized spacial score (nSPS) is 12.9. The van der Waals surface area contributed by atoms with Gasteiger partial charge in [0.25, 0.3) is 0 Å². The van der Waals surface area contributed by atoms with Crippen LogP contribution in [0.4, 0.5) is 0 Å². The van der Waals surface area contributed by atoms with Crippen LogP contribution in [0.2, 0.25) is 15.7 Å². The van der Waals surface area contributed by atoms with E-state index < -0.39 is 0 Å². The van der Waals surface area contributed by atoms with Crippen molar-refractivity contribution in [2.24, 2.45) is 7.05 Å². The van der Waals surface area contributed by atoms with Crippen molar-refractivity contribution in [2.75, 3.05) is 0 Å². The van der Waals surface area contributed by atoms with Gasteiger partial charge in [0.15, 0.2) is 0 Å². The Morgan fingerprint density at radius 2 is 1.61 bits per heavy atom. The average molecular weight is 378 g/mol. The van der Waals surface area contributed by atoms with E-state index in [2.05, 4.69) is 44.6 Å². The van der Waals surface area contributed by atoms with E-state index in [0.29, 0.717) is 15.7 Å². The molecule has 2 aromatic heterocycles. The molecular weight excluding hydrogens is 355 g/mol. The first kappa shape index (κ1) is 18.6. The highest BCUT2D eigenvalue weighted by atomic mass is 35.5. The van der Waals surface area contributed by atoms with Gasteiger partial charge in [-0.05, 0) is 29.6 Å². The van der Waals surface area contributed by atoms with E-state index in [-0.39, 0.29) is 10.8 Å². The molecule has 0 aliphatic heterocycles. The molecule has 4 nitrogen and oxygen atoms in total. The van der Waals surface area contributed by atoms with Gasteiger partial charge in [-0.1, -0.05) is 46.2 Å². The molecule has 23 heavy (non-hydrogen) atoms. The molecule has 0 saturated heterocycles. The number of hydrogen-bond acceptors (Lipinski definition) is 2. The van der Waals surface area contributed by atoms with Crippen LogP contribution in [-0.4, -0.2) is 19.1 Å². The fourth-order valence-corrected chi connectivity index (χ4v) is 3.13. The van der Waals surface area contributed by atoms with Crippen LogP contribution in [0, 0.1) is 0 Å². The molecule has 0 unspecified atom stereocenters. The van der Waals surface area contributed by atoms with Gasteiger partial charge in [0.05, 0.1) is 11.4 Å². The second-order valence-corrected chi connectivity index (χ2v) is 8.59. The number of halogens is 3. The first-order chi connectivity index (χ1) is 10.4. The number of aryl methyl sites for hydroxylation is 1. The predicted octanol–water partition coefficient (Wildman–Crippen LogP) is 5.24. The molecule has 2 heterocycles. The first-order valence-electron chi connectivity index (χ1n) is 7.55. The Hall–Kier alpha value is -0.710. The first-order valence-corrected chi connectivity index (χ1v) is 8.68. The molecule has 0 amide bonds. The van der Waals surface area contributed by atoms with Crippen LogP contribution in [-0.2, 0) is 24.4 Å². The summed E-state index contributed by atoms with van der Waals surface area (Å²) >= 11 is 18.7. The van der Waals surface area contributed by atoms with E-state index >= 15 is 0 Å². The molecule has 128 valence electrons. The van der Waals surface area contributed by atoms with Crippen LogP contribution >= 0.6 is 34.8 Å². The molecule has 0 aliphatic carbocycles. The Morgan fingerprint density at radius 1 is 1.00 bits per heavy atom. The van der Waals surface area contributed by atoms with Crippen molar-refractivity contribution >= 4 is 34.8 Å². The van der Waals surface area contributed by atoms with Crippen molar-refractivity contribution in [2.45, 2.75) is 58.4 Å². The maximum absolute atomic E-state index is 6.35. The monoisotopic (exact) mass is 376 g/mol. The minimum Gasteiger partial charge on any atom is -0.321 e. The fraction of sp³-hybridized carbons (Fsp3) is 0.625. The smallest absolute Gasteiger partial charge is 0.203 e. The summed E-state index contributed by atoms with van der Waals surface area (Å²) in [5.74, 6) is 0. The van der Waals surface area contributed by atoms with Gasteiger partial charge in [-0.15, -0.1) is 0 Å². The summed E-state index contributed by atoms with van der Waals surface area (Å²) in [6, 6.07) is 0. The van der Waals surface area contributed by atoms with E-state index in [1.807, 2.05) is 10.8 Å². The van der Waals surface area contributed by atoms with Crippen LogP contribution in [0.25, 0.3) is 0 Å². The molecular formula is C16H23Cl3N4. The van der Waals surface area contributed by atoms with Gasteiger partial charge < -0.3 is 9.13 Å². The van der Waals surface area contributed by atoms with Crippen LogP contribution in [0.5, 0.6) is 0 Å². The number of hydrogen-bond donors (Lipinski definition) is 0. The van der Waals surface area contributed by atoms with Gasteiger partial charge in [-0.3, -0.25) is 0 Å². The van der Waals surface area contributed by atoms with E-state index in [0.717, 1.165) is 24.4 Å². The van der Waals surface area contributed by atoms with Gasteiger partial charge in [0.1, 0.15) is 5.15 Å². The Morgan fingerprint density at radius 3 is 2.04 bits per heavy atom. The summed E-state index contributed by atoms with van der Waals surface area (Å²) in [4.78, 5) is 8.85. The third kappa shape index (κ3) is 3.86. The van der Waals surface area contributed by atoms with Gasteiger partial charge in [-0.25, -0.2) is 9.97 Å². The largest absolute Gasteiger partial charge is 0.321 e. The number of nitrogens with zero attached hydrogens (tertiary/aromatic N) is 4. The molecule has 2 rings (SSSR count). The molecule has 2 aromatic rings. The Bertz CT molecular complexity index is 708. The van der Waals surface area contributed by atoms with E-state index in [4.69, 9.17) is 34.8 Å². The van der Waals surface area contributed by atoms with Gasteiger partial charge in [0.2, 0.25) is 10.6 Å². The lowest BCUT2D eigenvalue weighted by Crippen LogP contribution is -2.21. The standard InChI is InChI=1S/C16H23Cl3N4/c1-15(2,3)10-9-23(14(19)20-10)8-7-16(4,5)11-12(17)22(6)13(18)21-11/h9H,7-8H2,1-6H3. The molecule has 0 atom stereocenters. The predicted molar refractivity (Wildman–Crippen MR) is 96.8 cm³/mol. The van der Waals surface area contributed by atoms with Crippen molar-refractivity contribution < 1.29 is 0 Å². The molecule has 0 aromatic carbocycles. The Kier molecular flexibility index (Phi) is 5.10. The summed E-state index contributed by atoms with van der Waals surface area (Å²) in [6.45, 7) is 11.3. The second-order valence-electron chi connectivity index (χ2n) is 7.55. The summed E-state index contributed by atoms with van der Waals surface area (Å²) in [5, 5.41) is 1.48. The maximum Gasteiger partial charge on any atom is 0.203 e. The minimum absolute atomic E-state index is 0.0256. The van der Waals surface area contributed by atoms with E-state index in [1.54, 1.807) is 11.6 Å². The molecule has 0 N–H and O–H groups in total.